The molecule has 18 heavy (non-hydrogen) atoms. The summed E-state index contributed by atoms with van der Waals surface area (Å²) >= 11 is 9.06. The molecule has 3 nitrogen and oxygen atoms in total. The summed E-state index contributed by atoms with van der Waals surface area (Å²) < 4.78 is 6.11. The molecule has 0 fully saturated rings. The molecule has 1 aromatic heterocycles. The zero-order valence-electron chi connectivity index (χ0n) is 9.38. The third-order valence-electron chi connectivity index (χ3n) is 2.38. The highest BCUT2D eigenvalue weighted by Crippen LogP contribution is 2.23. The van der Waals surface area contributed by atoms with Crippen LogP contribution in [0.25, 0.3) is 0 Å². The minimum Gasteiger partial charge on any atom is -0.488 e. The lowest BCUT2D eigenvalue weighted by atomic mass is 10.1. The molecule has 0 aliphatic rings. The number of benzene rings is 1. The predicted molar refractivity (Wildman–Crippen MR) is 73.8 cm³/mol. The van der Waals surface area contributed by atoms with Crippen LogP contribution in [0.2, 0.25) is 5.02 Å². The van der Waals surface area contributed by atoms with Crippen molar-refractivity contribution >= 4 is 27.5 Å². The number of pyridine rings is 1. The summed E-state index contributed by atoms with van der Waals surface area (Å²) in [6.07, 6.45) is 0.960. The first-order valence-corrected chi connectivity index (χ1v) is 6.51. The van der Waals surface area contributed by atoms with Gasteiger partial charge in [-0.05, 0) is 45.8 Å². The van der Waals surface area contributed by atoms with Crippen molar-refractivity contribution in [1.29, 1.82) is 0 Å². The van der Waals surface area contributed by atoms with E-state index in [-0.39, 0.29) is 6.61 Å². The number of hydrogen-bond donors (Lipinski definition) is 1. The smallest absolute Gasteiger partial charge is 0.152 e. The number of aliphatic hydroxyl groups is 1. The second kappa shape index (κ2) is 6.18. The first-order chi connectivity index (χ1) is 8.66. The molecule has 0 spiro atoms. The molecule has 5 heteroatoms. The van der Waals surface area contributed by atoms with Crippen LogP contribution >= 0.6 is 27.5 Å². The van der Waals surface area contributed by atoms with Gasteiger partial charge in [-0.2, -0.15) is 0 Å². The molecule has 2 aromatic rings. The van der Waals surface area contributed by atoms with E-state index < -0.39 is 6.10 Å². The Morgan fingerprint density at radius 1 is 1.28 bits per heavy atom. The molecule has 0 unspecified atom stereocenters. The van der Waals surface area contributed by atoms with Crippen molar-refractivity contribution in [3.8, 4) is 5.75 Å². The first kappa shape index (κ1) is 13.3. The molecule has 0 aliphatic carbocycles. The van der Waals surface area contributed by atoms with Gasteiger partial charge >= 0.3 is 0 Å². The molecule has 94 valence electrons. The number of rotatable bonds is 4. The number of aromatic nitrogens is 1. The third-order valence-corrected chi connectivity index (χ3v) is 3.22. The van der Waals surface area contributed by atoms with E-state index in [4.69, 9.17) is 16.3 Å². The Morgan fingerprint density at radius 3 is 2.67 bits per heavy atom. The topological polar surface area (TPSA) is 42.4 Å². The Hall–Kier alpha value is -1.10. The lowest BCUT2D eigenvalue weighted by Gasteiger charge is -2.13. The molecule has 0 bridgehead atoms. The van der Waals surface area contributed by atoms with Crippen LogP contribution < -0.4 is 4.74 Å². The van der Waals surface area contributed by atoms with Gasteiger partial charge in [0, 0.05) is 11.2 Å². The summed E-state index contributed by atoms with van der Waals surface area (Å²) in [7, 11) is 0. The zero-order chi connectivity index (χ0) is 13.0. The summed E-state index contributed by atoms with van der Waals surface area (Å²) in [6.45, 7) is 0.159. The number of nitrogens with zero attached hydrogens (tertiary/aromatic N) is 1. The second-order valence-corrected chi connectivity index (χ2v) is 4.86. The van der Waals surface area contributed by atoms with Gasteiger partial charge < -0.3 is 9.84 Å². The highest BCUT2D eigenvalue weighted by molar-refractivity contribution is 9.10. The SMILES string of the molecule is O[C@H](COc1cccnc1Br)c1ccc(Cl)cc1. The van der Waals surface area contributed by atoms with Gasteiger partial charge in [-0.1, -0.05) is 23.7 Å². The van der Waals surface area contributed by atoms with Gasteiger partial charge in [0.1, 0.15) is 17.3 Å². The summed E-state index contributed by atoms with van der Waals surface area (Å²) in [5.74, 6) is 0.602. The third kappa shape index (κ3) is 3.45. The molecule has 0 aliphatic heterocycles. The molecule has 1 heterocycles. The van der Waals surface area contributed by atoms with Crippen LogP contribution in [0.4, 0.5) is 0 Å². The number of halogens is 2. The van der Waals surface area contributed by atoms with Crippen LogP contribution in [0.1, 0.15) is 11.7 Å². The molecule has 0 saturated heterocycles. The van der Waals surface area contributed by atoms with Gasteiger partial charge in [-0.3, -0.25) is 0 Å². The molecule has 0 radical (unpaired) electrons. The molecule has 1 atom stereocenters. The molecular weight excluding hydrogens is 318 g/mol. The Balaban J connectivity index is 1.98. The molecule has 2 rings (SSSR count). The Morgan fingerprint density at radius 2 is 2.00 bits per heavy atom. The lowest BCUT2D eigenvalue weighted by Crippen LogP contribution is -2.10. The largest absolute Gasteiger partial charge is 0.488 e. The Kier molecular flexibility index (Phi) is 4.58. The van der Waals surface area contributed by atoms with E-state index >= 15 is 0 Å². The minimum absolute atomic E-state index is 0.159. The van der Waals surface area contributed by atoms with Crippen molar-refractivity contribution in [2.24, 2.45) is 0 Å². The van der Waals surface area contributed by atoms with E-state index in [2.05, 4.69) is 20.9 Å². The van der Waals surface area contributed by atoms with Crippen LogP contribution in [0, 0.1) is 0 Å². The van der Waals surface area contributed by atoms with Crippen molar-refractivity contribution in [2.75, 3.05) is 6.61 Å². The molecule has 1 aromatic carbocycles. The van der Waals surface area contributed by atoms with E-state index in [0.717, 1.165) is 5.56 Å². The zero-order valence-corrected chi connectivity index (χ0v) is 11.7. The molecular formula is C13H11BrClNO2. The number of hydrogen-bond acceptors (Lipinski definition) is 3. The van der Waals surface area contributed by atoms with Crippen LogP contribution in [0.3, 0.4) is 0 Å². The highest BCUT2D eigenvalue weighted by atomic mass is 79.9. The van der Waals surface area contributed by atoms with Gasteiger partial charge in [0.05, 0.1) is 0 Å². The highest BCUT2D eigenvalue weighted by Gasteiger charge is 2.09. The molecule has 1 N–H and O–H groups in total. The van der Waals surface area contributed by atoms with Crippen molar-refractivity contribution in [3.05, 3.63) is 57.8 Å². The maximum absolute atomic E-state index is 9.96. The van der Waals surface area contributed by atoms with Crippen molar-refractivity contribution in [3.63, 3.8) is 0 Å². The fourth-order valence-corrected chi connectivity index (χ4v) is 1.92. The normalized spacial score (nSPS) is 12.2. The standard InChI is InChI=1S/C13H11BrClNO2/c14-13-12(2-1-7-16-13)18-8-11(17)9-3-5-10(15)6-4-9/h1-7,11,17H,8H2/t11-/m1/s1. The van der Waals surface area contributed by atoms with E-state index in [9.17, 15) is 5.11 Å². The van der Waals surface area contributed by atoms with Crippen LogP contribution in [0.5, 0.6) is 5.75 Å². The Labute approximate surface area is 119 Å². The molecule has 0 amide bonds. The van der Waals surface area contributed by atoms with Crippen molar-refractivity contribution in [2.45, 2.75) is 6.10 Å². The lowest BCUT2D eigenvalue weighted by molar-refractivity contribution is 0.107. The molecule has 0 saturated carbocycles. The van der Waals surface area contributed by atoms with Gasteiger partial charge in [-0.15, -0.1) is 0 Å². The van der Waals surface area contributed by atoms with Gasteiger partial charge in [0.15, 0.2) is 5.75 Å². The van der Waals surface area contributed by atoms with E-state index in [1.54, 1.807) is 42.6 Å². The maximum Gasteiger partial charge on any atom is 0.152 e. The van der Waals surface area contributed by atoms with Crippen LogP contribution in [-0.2, 0) is 0 Å². The summed E-state index contributed by atoms with van der Waals surface area (Å²) in [6, 6.07) is 10.6. The summed E-state index contributed by atoms with van der Waals surface area (Å²) in [5.41, 5.74) is 0.763. The van der Waals surface area contributed by atoms with E-state index in [1.165, 1.54) is 0 Å². The monoisotopic (exact) mass is 327 g/mol. The average molecular weight is 329 g/mol. The minimum atomic E-state index is -0.700. The van der Waals surface area contributed by atoms with Crippen LogP contribution in [0.15, 0.2) is 47.2 Å². The maximum atomic E-state index is 9.96. The average Bonchev–Trinajstić information content (AvgIpc) is 2.38. The van der Waals surface area contributed by atoms with Gasteiger partial charge in [-0.25, -0.2) is 4.98 Å². The van der Waals surface area contributed by atoms with Gasteiger partial charge in [0.25, 0.3) is 0 Å². The fourth-order valence-electron chi connectivity index (χ4n) is 1.43. The predicted octanol–water partition coefficient (Wildman–Crippen LogP) is 3.61. The van der Waals surface area contributed by atoms with E-state index in [1.807, 2.05) is 0 Å². The summed E-state index contributed by atoms with van der Waals surface area (Å²) in [5, 5.41) is 10.6. The van der Waals surface area contributed by atoms with Crippen molar-refractivity contribution in [1.82, 2.24) is 4.98 Å². The summed E-state index contributed by atoms with van der Waals surface area (Å²) in [4.78, 5) is 4.03. The fraction of sp³-hybridized carbons (Fsp3) is 0.154. The second-order valence-electron chi connectivity index (χ2n) is 3.67. The van der Waals surface area contributed by atoms with Crippen LogP contribution in [-0.4, -0.2) is 16.7 Å². The number of aliphatic hydroxyl groups excluding tert-OH is 1. The first-order valence-electron chi connectivity index (χ1n) is 5.33. The quantitative estimate of drug-likeness (QED) is 0.872. The van der Waals surface area contributed by atoms with E-state index in [0.29, 0.717) is 15.4 Å². The Bertz CT molecular complexity index is 519. The number of ether oxygens (including phenoxy) is 1. The van der Waals surface area contributed by atoms with Gasteiger partial charge in [0.2, 0.25) is 0 Å². The van der Waals surface area contributed by atoms with Crippen molar-refractivity contribution < 1.29 is 9.84 Å².